The Bertz CT molecular complexity index is 226. The van der Waals surface area contributed by atoms with E-state index in [9.17, 15) is 0 Å². The highest BCUT2D eigenvalue weighted by molar-refractivity contribution is 4.92. The molecule has 18 heavy (non-hydrogen) atoms. The minimum atomic E-state index is 0.918. The Morgan fingerprint density at radius 2 is 1.50 bits per heavy atom. The van der Waals surface area contributed by atoms with Crippen LogP contribution in [0.1, 0.15) is 84.0 Å². The highest BCUT2D eigenvalue weighted by Crippen LogP contribution is 2.40. The van der Waals surface area contributed by atoms with Crippen LogP contribution in [0.4, 0.5) is 0 Å². The molecule has 0 heteroatoms. The molecule has 2 aliphatic carbocycles. The van der Waals surface area contributed by atoms with Gasteiger partial charge < -0.3 is 0 Å². The summed E-state index contributed by atoms with van der Waals surface area (Å²) in [6.07, 6.45) is 22.6. The first-order valence-electron chi connectivity index (χ1n) is 8.56. The normalized spacial score (nSPS) is 30.9. The van der Waals surface area contributed by atoms with Gasteiger partial charge in [-0.1, -0.05) is 64.0 Å². The maximum Gasteiger partial charge on any atom is -0.0233 e. The van der Waals surface area contributed by atoms with Gasteiger partial charge in [0.25, 0.3) is 0 Å². The molecule has 0 aromatic heterocycles. The van der Waals surface area contributed by atoms with Crippen LogP contribution in [0.2, 0.25) is 0 Å². The number of rotatable bonds is 5. The van der Waals surface area contributed by atoms with Gasteiger partial charge in [-0.2, -0.15) is 0 Å². The molecule has 0 unspecified atom stereocenters. The van der Waals surface area contributed by atoms with Crippen molar-refractivity contribution >= 4 is 0 Å². The third-order valence-corrected chi connectivity index (χ3v) is 5.27. The maximum absolute atomic E-state index is 2.53. The molecular weight excluding hydrogens is 216 g/mol. The lowest BCUT2D eigenvalue weighted by molar-refractivity contribution is 0.180. The lowest BCUT2D eigenvalue weighted by Crippen LogP contribution is -2.23. The topological polar surface area (TPSA) is 0 Å². The highest BCUT2D eigenvalue weighted by Gasteiger charge is 2.27. The summed E-state index contributed by atoms with van der Waals surface area (Å²) in [5.74, 6) is 3.11. The minimum absolute atomic E-state index is 0.918. The zero-order chi connectivity index (χ0) is 12.6. The molecular formula is C18H32. The number of hydrogen-bond acceptors (Lipinski definition) is 0. The van der Waals surface area contributed by atoms with E-state index >= 15 is 0 Å². The van der Waals surface area contributed by atoms with Crippen LogP contribution in [0.25, 0.3) is 0 Å². The average Bonchev–Trinajstić information content (AvgIpc) is 2.45. The fraction of sp³-hybridized carbons (Fsp3) is 0.889. The van der Waals surface area contributed by atoms with Crippen LogP contribution in [0.5, 0.6) is 0 Å². The van der Waals surface area contributed by atoms with Crippen molar-refractivity contribution in [3.8, 4) is 0 Å². The summed E-state index contributed by atoms with van der Waals surface area (Å²) in [7, 11) is 0. The van der Waals surface area contributed by atoms with Crippen molar-refractivity contribution in [3.63, 3.8) is 0 Å². The average molecular weight is 248 g/mol. The first-order chi connectivity index (χ1) is 8.90. The molecule has 0 aliphatic heterocycles. The van der Waals surface area contributed by atoms with Crippen LogP contribution >= 0.6 is 0 Å². The Morgan fingerprint density at radius 3 is 2.17 bits per heavy atom. The quantitative estimate of drug-likeness (QED) is 0.406. The highest BCUT2D eigenvalue weighted by atomic mass is 14.3. The molecule has 0 aromatic carbocycles. The fourth-order valence-electron chi connectivity index (χ4n) is 4.03. The van der Waals surface area contributed by atoms with Crippen molar-refractivity contribution in [1.82, 2.24) is 0 Å². The van der Waals surface area contributed by atoms with E-state index in [1.54, 1.807) is 12.8 Å². The molecule has 0 radical (unpaired) electrons. The van der Waals surface area contributed by atoms with Crippen LogP contribution in [0, 0.1) is 17.8 Å². The molecule has 0 bridgehead atoms. The summed E-state index contributed by atoms with van der Waals surface area (Å²) in [5.41, 5.74) is 0. The first-order valence-corrected chi connectivity index (χ1v) is 8.56. The van der Waals surface area contributed by atoms with Crippen LogP contribution < -0.4 is 0 Å². The molecule has 0 N–H and O–H groups in total. The van der Waals surface area contributed by atoms with E-state index in [0.29, 0.717) is 0 Å². The van der Waals surface area contributed by atoms with E-state index in [1.165, 1.54) is 64.2 Å². The van der Waals surface area contributed by atoms with Crippen molar-refractivity contribution in [2.75, 3.05) is 0 Å². The van der Waals surface area contributed by atoms with E-state index < -0.39 is 0 Å². The summed E-state index contributed by atoms with van der Waals surface area (Å²) in [4.78, 5) is 0. The van der Waals surface area contributed by atoms with Crippen molar-refractivity contribution < 1.29 is 0 Å². The minimum Gasteiger partial charge on any atom is -0.0883 e. The van der Waals surface area contributed by atoms with E-state index in [2.05, 4.69) is 19.1 Å². The van der Waals surface area contributed by atoms with Crippen molar-refractivity contribution in [1.29, 1.82) is 0 Å². The predicted octanol–water partition coefficient (Wildman–Crippen LogP) is 6.12. The van der Waals surface area contributed by atoms with Gasteiger partial charge in [-0.05, 0) is 49.9 Å². The molecule has 2 rings (SSSR count). The van der Waals surface area contributed by atoms with E-state index in [0.717, 1.165) is 17.8 Å². The first kappa shape index (κ1) is 14.2. The van der Waals surface area contributed by atoms with Gasteiger partial charge in [0.2, 0.25) is 0 Å². The van der Waals surface area contributed by atoms with Gasteiger partial charge in [-0.15, -0.1) is 0 Å². The SMILES string of the molecule is CCCCC=CC1CCC(C2CCCCC2)CC1. The predicted molar refractivity (Wildman–Crippen MR) is 80.7 cm³/mol. The van der Waals surface area contributed by atoms with Gasteiger partial charge in [-0.3, -0.25) is 0 Å². The van der Waals surface area contributed by atoms with E-state index in [4.69, 9.17) is 0 Å². The Morgan fingerprint density at radius 1 is 0.833 bits per heavy atom. The van der Waals surface area contributed by atoms with Crippen molar-refractivity contribution in [2.24, 2.45) is 17.8 Å². The van der Waals surface area contributed by atoms with Gasteiger partial charge in [0, 0.05) is 0 Å². The Kier molecular flexibility index (Phi) is 6.31. The largest absolute Gasteiger partial charge is 0.0883 e. The van der Waals surface area contributed by atoms with Gasteiger partial charge >= 0.3 is 0 Å². The second kappa shape index (κ2) is 8.02. The molecule has 2 saturated carbocycles. The second-order valence-electron chi connectivity index (χ2n) is 6.64. The van der Waals surface area contributed by atoms with Crippen LogP contribution in [0.3, 0.4) is 0 Å². The molecule has 0 aromatic rings. The van der Waals surface area contributed by atoms with Crippen molar-refractivity contribution in [2.45, 2.75) is 84.0 Å². The molecule has 0 atom stereocenters. The lowest BCUT2D eigenvalue weighted by Gasteiger charge is -2.35. The lowest BCUT2D eigenvalue weighted by atomic mass is 9.71. The fourth-order valence-corrected chi connectivity index (χ4v) is 4.03. The number of hydrogen-bond donors (Lipinski definition) is 0. The molecule has 2 fully saturated rings. The molecule has 0 amide bonds. The number of unbranched alkanes of at least 4 members (excludes halogenated alkanes) is 2. The smallest absolute Gasteiger partial charge is 0.0233 e. The van der Waals surface area contributed by atoms with Crippen molar-refractivity contribution in [3.05, 3.63) is 12.2 Å². The maximum atomic E-state index is 2.53. The van der Waals surface area contributed by atoms with E-state index in [1.807, 2.05) is 0 Å². The standard InChI is InChI=1S/C18H32/c1-2-3-4-6-9-16-12-14-18(15-13-16)17-10-7-5-8-11-17/h6,9,16-18H,2-5,7-8,10-15H2,1H3. The molecule has 0 spiro atoms. The van der Waals surface area contributed by atoms with Crippen LogP contribution in [0.15, 0.2) is 12.2 Å². The Balaban J connectivity index is 1.65. The molecule has 0 nitrogen and oxygen atoms in total. The van der Waals surface area contributed by atoms with Gasteiger partial charge in [-0.25, -0.2) is 0 Å². The zero-order valence-electron chi connectivity index (χ0n) is 12.4. The van der Waals surface area contributed by atoms with E-state index in [-0.39, 0.29) is 0 Å². The molecule has 0 heterocycles. The van der Waals surface area contributed by atoms with Crippen LogP contribution in [-0.2, 0) is 0 Å². The van der Waals surface area contributed by atoms with Gasteiger partial charge in [0.05, 0.1) is 0 Å². The third-order valence-electron chi connectivity index (χ3n) is 5.27. The second-order valence-corrected chi connectivity index (χ2v) is 6.64. The third kappa shape index (κ3) is 4.44. The monoisotopic (exact) mass is 248 g/mol. The summed E-state index contributed by atoms with van der Waals surface area (Å²) in [5, 5.41) is 0. The zero-order valence-corrected chi connectivity index (χ0v) is 12.4. The summed E-state index contributed by atoms with van der Waals surface area (Å²) in [6, 6.07) is 0. The number of allylic oxidation sites excluding steroid dienone is 2. The molecule has 104 valence electrons. The van der Waals surface area contributed by atoms with Crippen LogP contribution in [-0.4, -0.2) is 0 Å². The summed E-state index contributed by atoms with van der Waals surface area (Å²) >= 11 is 0. The van der Waals surface area contributed by atoms with Gasteiger partial charge in [0.15, 0.2) is 0 Å². The van der Waals surface area contributed by atoms with Gasteiger partial charge in [0.1, 0.15) is 0 Å². The Labute approximate surface area is 114 Å². The summed E-state index contributed by atoms with van der Waals surface area (Å²) in [6.45, 7) is 2.28. The molecule has 2 aliphatic rings. The molecule has 0 saturated heterocycles. The summed E-state index contributed by atoms with van der Waals surface area (Å²) < 4.78 is 0. The Hall–Kier alpha value is -0.260.